The Hall–Kier alpha value is -1.38. The highest BCUT2D eigenvalue weighted by Gasteiger charge is 2.18. The second-order valence-corrected chi connectivity index (χ2v) is 5.90. The first-order valence-electron chi connectivity index (χ1n) is 7.02. The molecule has 2 aromatic rings. The van der Waals surface area contributed by atoms with Gasteiger partial charge in [0.05, 0.1) is 0 Å². The average Bonchev–Trinajstić information content (AvgIpc) is 2.40. The highest BCUT2D eigenvalue weighted by Crippen LogP contribution is 2.31. The molecule has 0 unspecified atom stereocenters. The van der Waals surface area contributed by atoms with Crippen LogP contribution in [0.15, 0.2) is 30.3 Å². The van der Waals surface area contributed by atoms with Crippen molar-refractivity contribution in [1.82, 2.24) is 9.80 Å². The summed E-state index contributed by atoms with van der Waals surface area (Å²) < 4.78 is 0. The fourth-order valence-electron chi connectivity index (χ4n) is 3.01. The van der Waals surface area contributed by atoms with Crippen molar-refractivity contribution >= 4 is 10.8 Å². The molecule has 0 fully saturated rings. The Morgan fingerprint density at radius 1 is 1.05 bits per heavy atom. The molecule has 2 heteroatoms. The fraction of sp³-hybridized carbons (Fsp3) is 0.412. The Bertz CT molecular complexity index is 589. The number of hydrogen-bond donors (Lipinski definition) is 0. The van der Waals surface area contributed by atoms with Crippen LogP contribution in [0.25, 0.3) is 10.8 Å². The highest BCUT2D eigenvalue weighted by molar-refractivity contribution is 5.91. The Labute approximate surface area is 115 Å². The standard InChI is InChI=1S/C17H22N2/c1-13-7-8-15-12-19(10-9-18(2)3)11-14-5-4-6-16(13)17(14)15/h4-8H,9-12H2,1-3H3. The first-order valence-corrected chi connectivity index (χ1v) is 7.02. The second-order valence-electron chi connectivity index (χ2n) is 5.90. The van der Waals surface area contributed by atoms with E-state index in [4.69, 9.17) is 0 Å². The van der Waals surface area contributed by atoms with Gasteiger partial charge >= 0.3 is 0 Å². The van der Waals surface area contributed by atoms with Gasteiger partial charge in [0.1, 0.15) is 0 Å². The van der Waals surface area contributed by atoms with Crippen LogP contribution in [0.4, 0.5) is 0 Å². The SMILES string of the molecule is Cc1ccc2c3c(cccc13)CN(CCN(C)C)C2. The smallest absolute Gasteiger partial charge is 0.0244 e. The summed E-state index contributed by atoms with van der Waals surface area (Å²) in [5, 5.41) is 2.94. The summed E-state index contributed by atoms with van der Waals surface area (Å²) in [5.41, 5.74) is 4.37. The third-order valence-electron chi connectivity index (χ3n) is 4.08. The molecule has 3 rings (SSSR count). The van der Waals surface area contributed by atoms with Crippen molar-refractivity contribution in [2.24, 2.45) is 0 Å². The van der Waals surface area contributed by atoms with Crippen molar-refractivity contribution in [2.45, 2.75) is 20.0 Å². The van der Waals surface area contributed by atoms with E-state index >= 15 is 0 Å². The molecular weight excluding hydrogens is 232 g/mol. The van der Waals surface area contributed by atoms with Crippen molar-refractivity contribution in [3.8, 4) is 0 Å². The molecule has 0 radical (unpaired) electrons. The van der Waals surface area contributed by atoms with Crippen LogP contribution < -0.4 is 0 Å². The van der Waals surface area contributed by atoms with Crippen molar-refractivity contribution in [3.05, 3.63) is 47.0 Å². The average molecular weight is 254 g/mol. The first kappa shape index (κ1) is 12.6. The Morgan fingerprint density at radius 3 is 2.53 bits per heavy atom. The Balaban J connectivity index is 1.95. The van der Waals surface area contributed by atoms with E-state index < -0.39 is 0 Å². The van der Waals surface area contributed by atoms with E-state index in [0.29, 0.717) is 0 Å². The number of benzene rings is 2. The normalized spacial score (nSPS) is 15.4. The van der Waals surface area contributed by atoms with Gasteiger partial charge in [-0.15, -0.1) is 0 Å². The van der Waals surface area contributed by atoms with Gasteiger partial charge < -0.3 is 4.90 Å². The summed E-state index contributed by atoms with van der Waals surface area (Å²) in [5.74, 6) is 0. The van der Waals surface area contributed by atoms with Crippen LogP contribution >= 0.6 is 0 Å². The molecule has 0 N–H and O–H groups in total. The molecule has 0 aromatic heterocycles. The van der Waals surface area contributed by atoms with Crippen molar-refractivity contribution in [3.63, 3.8) is 0 Å². The highest BCUT2D eigenvalue weighted by atomic mass is 15.2. The fourth-order valence-corrected chi connectivity index (χ4v) is 3.01. The van der Waals surface area contributed by atoms with Gasteiger partial charge in [0, 0.05) is 26.2 Å². The zero-order valence-electron chi connectivity index (χ0n) is 12.1. The summed E-state index contributed by atoms with van der Waals surface area (Å²) in [6.45, 7) is 6.64. The molecule has 2 nitrogen and oxygen atoms in total. The molecule has 0 saturated heterocycles. The summed E-state index contributed by atoms with van der Waals surface area (Å²) in [6, 6.07) is 11.3. The number of rotatable bonds is 3. The molecular formula is C17H22N2. The lowest BCUT2D eigenvalue weighted by Crippen LogP contribution is -2.33. The predicted octanol–water partition coefficient (Wildman–Crippen LogP) is 3.03. The third kappa shape index (κ3) is 2.38. The first-order chi connectivity index (χ1) is 9.15. The van der Waals surface area contributed by atoms with Gasteiger partial charge in [-0.05, 0) is 48.5 Å². The lowest BCUT2D eigenvalue weighted by molar-refractivity contribution is 0.223. The van der Waals surface area contributed by atoms with Crippen molar-refractivity contribution < 1.29 is 0 Å². The van der Waals surface area contributed by atoms with Gasteiger partial charge in [-0.3, -0.25) is 4.90 Å². The van der Waals surface area contributed by atoms with Gasteiger partial charge in [-0.25, -0.2) is 0 Å². The van der Waals surface area contributed by atoms with E-state index in [1.165, 1.54) is 27.5 Å². The molecule has 0 saturated carbocycles. The van der Waals surface area contributed by atoms with E-state index in [1.807, 2.05) is 0 Å². The van der Waals surface area contributed by atoms with E-state index in [1.54, 1.807) is 0 Å². The zero-order chi connectivity index (χ0) is 13.4. The molecule has 0 aliphatic carbocycles. The van der Waals surface area contributed by atoms with Gasteiger partial charge in [0.2, 0.25) is 0 Å². The molecule has 1 aliphatic rings. The third-order valence-corrected chi connectivity index (χ3v) is 4.08. The Kier molecular flexibility index (Phi) is 3.29. The van der Waals surface area contributed by atoms with Gasteiger partial charge in [0.15, 0.2) is 0 Å². The maximum Gasteiger partial charge on any atom is 0.0244 e. The Morgan fingerprint density at radius 2 is 1.79 bits per heavy atom. The van der Waals surface area contributed by atoms with Crippen LogP contribution in [0.2, 0.25) is 0 Å². The van der Waals surface area contributed by atoms with Gasteiger partial charge in [-0.1, -0.05) is 30.3 Å². The van der Waals surface area contributed by atoms with Crippen molar-refractivity contribution in [1.29, 1.82) is 0 Å². The van der Waals surface area contributed by atoms with Crippen LogP contribution in [-0.4, -0.2) is 37.0 Å². The van der Waals surface area contributed by atoms with Crippen LogP contribution in [0.5, 0.6) is 0 Å². The molecule has 19 heavy (non-hydrogen) atoms. The monoisotopic (exact) mass is 254 g/mol. The van der Waals surface area contributed by atoms with Crippen molar-refractivity contribution in [2.75, 3.05) is 27.2 Å². The minimum atomic E-state index is 1.08. The summed E-state index contributed by atoms with van der Waals surface area (Å²) in [6.07, 6.45) is 0. The number of aryl methyl sites for hydroxylation is 1. The summed E-state index contributed by atoms with van der Waals surface area (Å²) in [7, 11) is 4.28. The summed E-state index contributed by atoms with van der Waals surface area (Å²) >= 11 is 0. The molecule has 0 atom stereocenters. The minimum absolute atomic E-state index is 1.08. The number of nitrogens with zero attached hydrogens (tertiary/aromatic N) is 2. The van der Waals surface area contributed by atoms with Crippen LogP contribution in [0.3, 0.4) is 0 Å². The molecule has 0 spiro atoms. The molecule has 1 heterocycles. The maximum atomic E-state index is 2.55. The molecule has 0 bridgehead atoms. The van der Waals surface area contributed by atoms with E-state index in [9.17, 15) is 0 Å². The van der Waals surface area contributed by atoms with Gasteiger partial charge in [0.25, 0.3) is 0 Å². The van der Waals surface area contributed by atoms with Crippen LogP contribution in [0, 0.1) is 6.92 Å². The van der Waals surface area contributed by atoms with E-state index in [-0.39, 0.29) is 0 Å². The maximum absolute atomic E-state index is 2.55. The van der Waals surface area contributed by atoms with Gasteiger partial charge in [-0.2, -0.15) is 0 Å². The molecule has 1 aliphatic heterocycles. The zero-order valence-corrected chi connectivity index (χ0v) is 12.1. The minimum Gasteiger partial charge on any atom is -0.308 e. The summed E-state index contributed by atoms with van der Waals surface area (Å²) in [4.78, 5) is 4.80. The quantitative estimate of drug-likeness (QED) is 0.830. The van der Waals surface area contributed by atoms with Crippen LogP contribution in [-0.2, 0) is 13.1 Å². The molecule has 2 aromatic carbocycles. The number of hydrogen-bond acceptors (Lipinski definition) is 2. The number of likely N-dealkylation sites (N-methyl/N-ethyl adjacent to an activating group) is 1. The largest absolute Gasteiger partial charge is 0.308 e. The lowest BCUT2D eigenvalue weighted by Gasteiger charge is -2.30. The molecule has 0 amide bonds. The second kappa shape index (κ2) is 4.95. The van der Waals surface area contributed by atoms with Crippen LogP contribution in [0.1, 0.15) is 16.7 Å². The molecule has 100 valence electrons. The topological polar surface area (TPSA) is 6.48 Å². The van der Waals surface area contributed by atoms with E-state index in [2.05, 4.69) is 61.2 Å². The lowest BCUT2D eigenvalue weighted by atomic mass is 9.93. The van der Waals surface area contributed by atoms with E-state index in [0.717, 1.165) is 26.2 Å². The predicted molar refractivity (Wildman–Crippen MR) is 81.4 cm³/mol.